The summed E-state index contributed by atoms with van der Waals surface area (Å²) in [5.41, 5.74) is 6.97. The molecule has 0 saturated heterocycles. The third kappa shape index (κ3) is 4.14. The van der Waals surface area contributed by atoms with E-state index in [1.807, 2.05) is 6.92 Å². The molecule has 0 saturated carbocycles. The van der Waals surface area contributed by atoms with Gasteiger partial charge in [-0.05, 0) is 24.3 Å². The number of thioether (sulfide) groups is 1. The van der Waals surface area contributed by atoms with E-state index in [2.05, 4.69) is 19.2 Å². The average molecular weight is 268 g/mol. The summed E-state index contributed by atoms with van der Waals surface area (Å²) in [7, 11) is 1.58. The molecule has 100 valence electrons. The molecule has 1 rings (SSSR count). The van der Waals surface area contributed by atoms with Crippen LogP contribution in [0.5, 0.6) is 5.75 Å². The van der Waals surface area contributed by atoms with Crippen LogP contribution in [-0.2, 0) is 4.79 Å². The lowest BCUT2D eigenvalue weighted by atomic mass is 10.2. The van der Waals surface area contributed by atoms with Crippen molar-refractivity contribution in [2.24, 2.45) is 0 Å². The van der Waals surface area contributed by atoms with E-state index in [0.29, 0.717) is 22.4 Å². The Hall–Kier alpha value is -1.36. The Balaban J connectivity index is 2.70. The number of methoxy groups -OCH3 is 1. The quantitative estimate of drug-likeness (QED) is 0.806. The van der Waals surface area contributed by atoms with Crippen molar-refractivity contribution in [3.63, 3.8) is 0 Å². The Kier molecular flexibility index (Phi) is 5.34. The molecule has 1 amide bonds. The van der Waals surface area contributed by atoms with Crippen LogP contribution in [0.2, 0.25) is 0 Å². The van der Waals surface area contributed by atoms with Gasteiger partial charge in [-0.25, -0.2) is 0 Å². The van der Waals surface area contributed by atoms with Gasteiger partial charge in [0.1, 0.15) is 5.75 Å². The van der Waals surface area contributed by atoms with Gasteiger partial charge in [0.25, 0.3) is 0 Å². The third-order valence-electron chi connectivity index (χ3n) is 2.36. The average Bonchev–Trinajstić information content (AvgIpc) is 2.30. The molecule has 0 bridgehead atoms. The third-order valence-corrected chi connectivity index (χ3v) is 3.53. The topological polar surface area (TPSA) is 64.3 Å². The number of benzene rings is 1. The molecule has 18 heavy (non-hydrogen) atoms. The van der Waals surface area contributed by atoms with E-state index in [4.69, 9.17) is 10.5 Å². The Morgan fingerprint density at radius 3 is 2.56 bits per heavy atom. The minimum absolute atomic E-state index is 0.0365. The molecule has 1 atom stereocenters. The van der Waals surface area contributed by atoms with Crippen molar-refractivity contribution in [3.05, 3.63) is 18.2 Å². The second kappa shape index (κ2) is 6.54. The molecule has 0 heterocycles. The van der Waals surface area contributed by atoms with E-state index < -0.39 is 0 Å². The number of nitrogens with one attached hydrogen (secondary N) is 1. The first kappa shape index (κ1) is 14.7. The molecular formula is C13H20N2O2S. The fourth-order valence-electron chi connectivity index (χ4n) is 1.49. The number of hydrogen-bond donors (Lipinski definition) is 2. The molecule has 1 unspecified atom stereocenters. The maximum absolute atomic E-state index is 11.9. The highest BCUT2D eigenvalue weighted by molar-refractivity contribution is 8.01. The number of carbonyl (C=O) groups excluding carboxylic acids is 1. The molecule has 0 aliphatic heterocycles. The van der Waals surface area contributed by atoms with Gasteiger partial charge in [0.15, 0.2) is 0 Å². The second-order valence-corrected chi connectivity index (χ2v) is 6.19. The van der Waals surface area contributed by atoms with Gasteiger partial charge >= 0.3 is 0 Å². The van der Waals surface area contributed by atoms with Crippen LogP contribution in [0.25, 0.3) is 0 Å². The molecule has 1 aromatic carbocycles. The predicted molar refractivity (Wildman–Crippen MR) is 78.2 cm³/mol. The van der Waals surface area contributed by atoms with Crippen molar-refractivity contribution in [1.82, 2.24) is 0 Å². The van der Waals surface area contributed by atoms with Gasteiger partial charge in [-0.1, -0.05) is 13.8 Å². The lowest BCUT2D eigenvalue weighted by Gasteiger charge is -2.15. The molecular weight excluding hydrogens is 248 g/mol. The van der Waals surface area contributed by atoms with Gasteiger partial charge in [0, 0.05) is 6.07 Å². The standard InChI is InChI=1S/C13H20N2O2S/c1-8(2)18-9(3)13(16)15-12-6-5-10(17-4)7-11(12)14/h5-9H,14H2,1-4H3,(H,15,16). The van der Waals surface area contributed by atoms with Crippen molar-refractivity contribution in [1.29, 1.82) is 0 Å². The van der Waals surface area contributed by atoms with Crippen LogP contribution in [0, 0.1) is 0 Å². The van der Waals surface area contributed by atoms with Crippen molar-refractivity contribution < 1.29 is 9.53 Å². The first-order valence-electron chi connectivity index (χ1n) is 5.84. The Morgan fingerprint density at radius 2 is 2.06 bits per heavy atom. The molecule has 0 aliphatic carbocycles. The van der Waals surface area contributed by atoms with Gasteiger partial charge in [0.2, 0.25) is 5.91 Å². The van der Waals surface area contributed by atoms with Crippen molar-refractivity contribution in [3.8, 4) is 5.75 Å². The zero-order valence-corrected chi connectivity index (χ0v) is 12.0. The van der Waals surface area contributed by atoms with Crippen LogP contribution in [0.15, 0.2) is 18.2 Å². The second-order valence-electron chi connectivity index (χ2n) is 4.27. The fourth-order valence-corrected chi connectivity index (χ4v) is 2.49. The molecule has 0 spiro atoms. The highest BCUT2D eigenvalue weighted by atomic mass is 32.2. The smallest absolute Gasteiger partial charge is 0.237 e. The lowest BCUT2D eigenvalue weighted by Crippen LogP contribution is -2.24. The normalized spacial score (nSPS) is 12.3. The van der Waals surface area contributed by atoms with Crippen LogP contribution in [0.1, 0.15) is 20.8 Å². The Labute approximate surface area is 112 Å². The van der Waals surface area contributed by atoms with E-state index in [0.717, 1.165) is 0 Å². The minimum Gasteiger partial charge on any atom is -0.497 e. The molecule has 3 N–H and O–H groups in total. The molecule has 0 aliphatic rings. The number of anilines is 2. The van der Waals surface area contributed by atoms with Crippen molar-refractivity contribution >= 4 is 29.0 Å². The summed E-state index contributed by atoms with van der Waals surface area (Å²) in [4.78, 5) is 11.9. The molecule has 0 radical (unpaired) electrons. The van der Waals surface area contributed by atoms with Gasteiger partial charge < -0.3 is 15.8 Å². The SMILES string of the molecule is COc1ccc(NC(=O)C(C)SC(C)C)c(N)c1. The van der Waals surface area contributed by atoms with Crippen LogP contribution < -0.4 is 15.8 Å². The highest BCUT2D eigenvalue weighted by Crippen LogP contribution is 2.25. The largest absolute Gasteiger partial charge is 0.497 e. The van der Waals surface area contributed by atoms with Crippen molar-refractivity contribution in [2.45, 2.75) is 31.3 Å². The number of nitrogen functional groups attached to an aromatic ring is 1. The van der Waals surface area contributed by atoms with Gasteiger partial charge in [-0.2, -0.15) is 0 Å². The molecule has 1 aromatic rings. The van der Waals surface area contributed by atoms with Crippen LogP contribution >= 0.6 is 11.8 Å². The number of rotatable bonds is 5. The number of ether oxygens (including phenoxy) is 1. The van der Waals surface area contributed by atoms with E-state index in [-0.39, 0.29) is 11.2 Å². The monoisotopic (exact) mass is 268 g/mol. The summed E-state index contributed by atoms with van der Waals surface area (Å²) in [5, 5.41) is 3.14. The highest BCUT2D eigenvalue weighted by Gasteiger charge is 2.16. The minimum atomic E-state index is -0.105. The molecule has 0 aromatic heterocycles. The van der Waals surface area contributed by atoms with Crippen LogP contribution in [0.4, 0.5) is 11.4 Å². The Bertz CT molecular complexity index is 421. The molecule has 0 fully saturated rings. The maximum Gasteiger partial charge on any atom is 0.237 e. The van der Waals surface area contributed by atoms with Crippen LogP contribution in [-0.4, -0.2) is 23.5 Å². The number of amides is 1. The number of carbonyl (C=O) groups is 1. The fraction of sp³-hybridized carbons (Fsp3) is 0.462. The summed E-state index contributed by atoms with van der Waals surface area (Å²) in [6.45, 7) is 6.02. The summed E-state index contributed by atoms with van der Waals surface area (Å²) in [6, 6.07) is 5.21. The van der Waals surface area contributed by atoms with E-state index in [9.17, 15) is 4.79 Å². The summed E-state index contributed by atoms with van der Waals surface area (Å²) >= 11 is 1.62. The van der Waals surface area contributed by atoms with Crippen LogP contribution in [0.3, 0.4) is 0 Å². The zero-order valence-electron chi connectivity index (χ0n) is 11.2. The zero-order chi connectivity index (χ0) is 13.7. The summed E-state index contributed by atoms with van der Waals surface area (Å²) < 4.78 is 5.06. The lowest BCUT2D eigenvalue weighted by molar-refractivity contribution is -0.115. The predicted octanol–water partition coefficient (Wildman–Crippen LogP) is 2.75. The van der Waals surface area contributed by atoms with E-state index >= 15 is 0 Å². The first-order valence-corrected chi connectivity index (χ1v) is 6.78. The van der Waals surface area contributed by atoms with Crippen molar-refractivity contribution in [2.75, 3.05) is 18.2 Å². The molecule has 5 heteroatoms. The summed E-state index contributed by atoms with van der Waals surface area (Å²) in [6.07, 6.45) is 0. The van der Waals surface area contributed by atoms with E-state index in [1.54, 1.807) is 37.1 Å². The Morgan fingerprint density at radius 1 is 1.39 bits per heavy atom. The summed E-state index contributed by atoms with van der Waals surface area (Å²) in [5.74, 6) is 0.640. The van der Waals surface area contributed by atoms with Gasteiger partial charge in [-0.15, -0.1) is 11.8 Å². The number of hydrogen-bond acceptors (Lipinski definition) is 4. The number of nitrogens with two attached hydrogens (primary N) is 1. The van der Waals surface area contributed by atoms with Gasteiger partial charge in [0.05, 0.1) is 23.7 Å². The van der Waals surface area contributed by atoms with E-state index in [1.165, 1.54) is 0 Å². The maximum atomic E-state index is 11.9. The van der Waals surface area contributed by atoms with Gasteiger partial charge in [-0.3, -0.25) is 4.79 Å². The first-order chi connectivity index (χ1) is 8.43. The molecule has 4 nitrogen and oxygen atoms in total.